The number of rotatable bonds is 12. The molecule has 0 bridgehead atoms. The van der Waals surface area contributed by atoms with Gasteiger partial charge in [0.25, 0.3) is 10.0 Å². The molecule has 9 heteroatoms. The molecule has 3 rings (SSSR count). The molecule has 0 saturated heterocycles. The minimum Gasteiger partial charge on any atom is -0.495 e. The smallest absolute Gasteiger partial charge is 0.264 e. The summed E-state index contributed by atoms with van der Waals surface area (Å²) in [6.45, 7) is 5.07. The largest absolute Gasteiger partial charge is 0.495 e. The fourth-order valence-corrected chi connectivity index (χ4v) is 5.49. The van der Waals surface area contributed by atoms with E-state index in [9.17, 15) is 18.0 Å². The highest BCUT2D eigenvalue weighted by atomic mass is 32.2. The molecule has 8 nitrogen and oxygen atoms in total. The molecular weight excluding hydrogens is 502 g/mol. The molecule has 0 aliphatic heterocycles. The lowest BCUT2D eigenvalue weighted by Gasteiger charge is -2.32. The minimum absolute atomic E-state index is 0.0418. The summed E-state index contributed by atoms with van der Waals surface area (Å²) in [5.74, 6) is -0.504. The van der Waals surface area contributed by atoms with Crippen LogP contribution in [-0.4, -0.2) is 57.4 Å². The number of amides is 2. The number of methoxy groups -OCH3 is 1. The monoisotopic (exact) mass is 537 g/mol. The fraction of sp³-hybridized carbons (Fsp3) is 0.310. The molecule has 0 aliphatic rings. The Morgan fingerprint density at radius 1 is 0.868 bits per heavy atom. The second-order valence-corrected chi connectivity index (χ2v) is 11.0. The van der Waals surface area contributed by atoms with Crippen molar-refractivity contribution < 1.29 is 22.7 Å². The van der Waals surface area contributed by atoms with E-state index in [2.05, 4.69) is 5.32 Å². The average molecular weight is 538 g/mol. The number of para-hydroxylation sites is 2. The van der Waals surface area contributed by atoms with Crippen LogP contribution in [0.15, 0.2) is 89.8 Å². The second-order valence-electron chi connectivity index (χ2n) is 9.16. The molecule has 0 radical (unpaired) electrons. The van der Waals surface area contributed by atoms with E-state index in [0.717, 1.165) is 9.87 Å². The van der Waals surface area contributed by atoms with Crippen molar-refractivity contribution in [3.63, 3.8) is 0 Å². The molecule has 1 atom stereocenters. The van der Waals surface area contributed by atoms with Gasteiger partial charge in [0, 0.05) is 12.6 Å². The van der Waals surface area contributed by atoms with Crippen LogP contribution in [0.1, 0.15) is 26.3 Å². The number of hydrogen-bond acceptors (Lipinski definition) is 5. The summed E-state index contributed by atoms with van der Waals surface area (Å²) in [6.07, 6.45) is 0.506. The molecule has 38 heavy (non-hydrogen) atoms. The number of carbonyl (C=O) groups is 2. The molecule has 3 aromatic rings. The van der Waals surface area contributed by atoms with Crippen molar-refractivity contribution in [1.29, 1.82) is 0 Å². The summed E-state index contributed by atoms with van der Waals surface area (Å²) in [5.41, 5.74) is 1.23. The molecule has 0 spiro atoms. The van der Waals surface area contributed by atoms with Crippen molar-refractivity contribution >= 4 is 27.5 Å². The molecule has 3 aromatic carbocycles. The van der Waals surface area contributed by atoms with Gasteiger partial charge < -0.3 is 15.0 Å². The Labute approximate surface area is 225 Å². The van der Waals surface area contributed by atoms with E-state index in [1.807, 2.05) is 44.2 Å². The van der Waals surface area contributed by atoms with E-state index in [4.69, 9.17) is 4.74 Å². The van der Waals surface area contributed by atoms with Gasteiger partial charge in [-0.25, -0.2) is 8.42 Å². The molecule has 0 fully saturated rings. The molecular formula is C29H35N3O5S. The van der Waals surface area contributed by atoms with E-state index in [-0.39, 0.29) is 29.1 Å². The summed E-state index contributed by atoms with van der Waals surface area (Å²) >= 11 is 0. The molecule has 2 amide bonds. The fourth-order valence-electron chi connectivity index (χ4n) is 4.04. The molecule has 202 valence electrons. The zero-order valence-electron chi connectivity index (χ0n) is 22.2. The van der Waals surface area contributed by atoms with Gasteiger partial charge >= 0.3 is 0 Å². The van der Waals surface area contributed by atoms with Gasteiger partial charge in [-0.05, 0) is 57.0 Å². The summed E-state index contributed by atoms with van der Waals surface area (Å²) in [7, 11) is -2.70. The van der Waals surface area contributed by atoms with Crippen molar-refractivity contribution in [2.45, 2.75) is 44.2 Å². The van der Waals surface area contributed by atoms with E-state index in [1.54, 1.807) is 49.4 Å². The van der Waals surface area contributed by atoms with Crippen LogP contribution in [0.25, 0.3) is 0 Å². The predicted octanol–water partition coefficient (Wildman–Crippen LogP) is 3.87. The van der Waals surface area contributed by atoms with E-state index >= 15 is 0 Å². The second kappa shape index (κ2) is 13.1. The van der Waals surface area contributed by atoms with E-state index in [0.29, 0.717) is 12.2 Å². The first kappa shape index (κ1) is 28.7. The third kappa shape index (κ3) is 7.13. The quantitative estimate of drug-likeness (QED) is 0.378. The van der Waals surface area contributed by atoms with Gasteiger partial charge in [0.05, 0.1) is 17.7 Å². The zero-order chi connectivity index (χ0) is 27.7. The number of sulfonamides is 1. The SMILES string of the molecule is COc1ccccc1N(CC(=O)N(CCc1ccccc1)[C@@H](C)C(=O)NC(C)C)S(=O)(=O)c1ccccc1. The Kier molecular flexibility index (Phi) is 9.90. The highest BCUT2D eigenvalue weighted by Crippen LogP contribution is 2.32. The van der Waals surface area contributed by atoms with Gasteiger partial charge in [-0.1, -0.05) is 60.7 Å². The summed E-state index contributed by atoms with van der Waals surface area (Å²) < 4.78 is 34.1. The molecule has 0 aromatic heterocycles. The standard InChI is InChI=1S/C29H35N3O5S/c1-22(2)30-29(34)23(3)31(20-19-24-13-7-5-8-14-24)28(33)21-32(26-17-11-12-18-27(26)37-4)38(35,36)25-15-9-6-10-16-25/h5-18,22-23H,19-21H2,1-4H3,(H,30,34)/t23-/m0/s1. The van der Waals surface area contributed by atoms with Crippen molar-refractivity contribution in [3.05, 3.63) is 90.5 Å². The molecule has 0 aliphatic carbocycles. The number of hydrogen-bond donors (Lipinski definition) is 1. The van der Waals surface area contributed by atoms with Crippen LogP contribution in [0.3, 0.4) is 0 Å². The number of benzene rings is 3. The van der Waals surface area contributed by atoms with Crippen molar-refractivity contribution in [2.24, 2.45) is 0 Å². The molecule has 1 N–H and O–H groups in total. The maximum absolute atomic E-state index is 13.9. The van der Waals surface area contributed by atoms with Crippen LogP contribution in [0.2, 0.25) is 0 Å². The van der Waals surface area contributed by atoms with Crippen LogP contribution in [0, 0.1) is 0 Å². The zero-order valence-corrected chi connectivity index (χ0v) is 23.0. The van der Waals surface area contributed by atoms with Crippen LogP contribution in [-0.2, 0) is 26.0 Å². The summed E-state index contributed by atoms with van der Waals surface area (Å²) in [4.78, 5) is 28.3. The molecule has 0 heterocycles. The lowest BCUT2D eigenvalue weighted by Crippen LogP contribution is -2.53. The Hall–Kier alpha value is -3.85. The summed E-state index contributed by atoms with van der Waals surface area (Å²) in [6, 6.07) is 23.3. The van der Waals surface area contributed by atoms with Crippen LogP contribution in [0.5, 0.6) is 5.75 Å². The number of ether oxygens (including phenoxy) is 1. The summed E-state index contributed by atoms with van der Waals surface area (Å²) in [5, 5.41) is 2.85. The molecule has 0 unspecified atom stereocenters. The lowest BCUT2D eigenvalue weighted by molar-refractivity contribution is -0.139. The van der Waals surface area contributed by atoms with Crippen molar-refractivity contribution in [2.75, 3.05) is 24.5 Å². The Morgan fingerprint density at radius 3 is 2.05 bits per heavy atom. The van der Waals surface area contributed by atoms with Crippen LogP contribution < -0.4 is 14.4 Å². The number of carbonyl (C=O) groups excluding carboxylic acids is 2. The predicted molar refractivity (Wildman–Crippen MR) is 149 cm³/mol. The van der Waals surface area contributed by atoms with Crippen LogP contribution >= 0.6 is 0 Å². The third-order valence-electron chi connectivity index (χ3n) is 6.05. The maximum atomic E-state index is 13.9. The van der Waals surface area contributed by atoms with Gasteiger partial charge in [0.15, 0.2) is 0 Å². The van der Waals surface area contributed by atoms with Crippen molar-refractivity contribution in [1.82, 2.24) is 10.2 Å². The van der Waals surface area contributed by atoms with E-state index in [1.165, 1.54) is 24.1 Å². The van der Waals surface area contributed by atoms with E-state index < -0.39 is 28.5 Å². The normalized spacial score (nSPS) is 12.0. The van der Waals surface area contributed by atoms with Gasteiger partial charge in [-0.15, -0.1) is 0 Å². The van der Waals surface area contributed by atoms with Gasteiger partial charge in [-0.2, -0.15) is 0 Å². The molecule has 0 saturated carbocycles. The number of anilines is 1. The van der Waals surface area contributed by atoms with Gasteiger partial charge in [0.2, 0.25) is 11.8 Å². The van der Waals surface area contributed by atoms with Crippen molar-refractivity contribution in [3.8, 4) is 5.75 Å². The average Bonchev–Trinajstić information content (AvgIpc) is 2.92. The topological polar surface area (TPSA) is 96.0 Å². The Balaban J connectivity index is 2.00. The number of nitrogens with one attached hydrogen (secondary N) is 1. The maximum Gasteiger partial charge on any atom is 0.264 e. The first-order valence-corrected chi connectivity index (χ1v) is 13.9. The van der Waals surface area contributed by atoms with Gasteiger partial charge in [-0.3, -0.25) is 13.9 Å². The number of nitrogens with zero attached hydrogens (tertiary/aromatic N) is 2. The highest BCUT2D eigenvalue weighted by Gasteiger charge is 2.33. The first-order chi connectivity index (χ1) is 18.1. The minimum atomic E-state index is -4.14. The van der Waals surface area contributed by atoms with Gasteiger partial charge in [0.1, 0.15) is 18.3 Å². The van der Waals surface area contributed by atoms with Crippen LogP contribution in [0.4, 0.5) is 5.69 Å². The Morgan fingerprint density at radius 2 is 1.45 bits per heavy atom. The third-order valence-corrected chi connectivity index (χ3v) is 7.82. The first-order valence-electron chi connectivity index (χ1n) is 12.5. The lowest BCUT2D eigenvalue weighted by atomic mass is 10.1. The Bertz CT molecular complexity index is 1310. The highest BCUT2D eigenvalue weighted by molar-refractivity contribution is 7.92.